The van der Waals surface area contributed by atoms with E-state index in [-0.39, 0.29) is 11.9 Å². The molecule has 192 valence electrons. The molecule has 0 aromatic heterocycles. The van der Waals surface area contributed by atoms with Crippen molar-refractivity contribution in [3.63, 3.8) is 0 Å². The molecule has 0 radical (unpaired) electrons. The Morgan fingerprint density at radius 2 is 1.86 bits per heavy atom. The monoisotopic (exact) mass is 608 g/mol. The summed E-state index contributed by atoms with van der Waals surface area (Å²) >= 11 is 7.37. The van der Waals surface area contributed by atoms with E-state index in [1.807, 2.05) is 24.0 Å². The van der Waals surface area contributed by atoms with Crippen molar-refractivity contribution in [1.29, 1.82) is 0 Å². The van der Waals surface area contributed by atoms with Crippen LogP contribution in [0.2, 0.25) is 0 Å². The maximum atomic E-state index is 12.1. The average Bonchev–Trinajstić information content (AvgIpc) is 2.99. The van der Waals surface area contributed by atoms with E-state index in [1.165, 1.54) is 16.7 Å². The molecule has 2 aliphatic heterocycles. The smallest absolute Gasteiger partial charge is 0.222 e. The summed E-state index contributed by atoms with van der Waals surface area (Å²) in [4.78, 5) is 24.3. The quantitative estimate of drug-likeness (QED) is 0.388. The Morgan fingerprint density at radius 1 is 1.14 bits per heavy atom. The molecule has 35 heavy (non-hydrogen) atoms. The predicted octanol–water partition coefficient (Wildman–Crippen LogP) is 6.73. The number of carbonyl (C=O) groups excluding carboxylic acids is 2. The number of Topliss-reactive ketones (excluding diaryl/α,β-unsaturated/α-hetero) is 1. The Kier molecular flexibility index (Phi) is 10.5. The van der Waals surface area contributed by atoms with Crippen LogP contribution in [0.4, 0.5) is 0 Å². The van der Waals surface area contributed by atoms with Gasteiger partial charge in [0.2, 0.25) is 5.91 Å². The van der Waals surface area contributed by atoms with E-state index in [9.17, 15) is 14.7 Å². The first-order chi connectivity index (χ1) is 16.7. The van der Waals surface area contributed by atoms with Gasteiger partial charge in [0.1, 0.15) is 11.5 Å². The molecule has 2 atom stereocenters. The van der Waals surface area contributed by atoms with E-state index < -0.39 is 0 Å². The number of aryl methyl sites for hydroxylation is 1. The zero-order chi connectivity index (χ0) is 25.5. The van der Waals surface area contributed by atoms with Gasteiger partial charge in [-0.1, -0.05) is 36.2 Å². The lowest BCUT2D eigenvalue weighted by Gasteiger charge is -2.41. The van der Waals surface area contributed by atoms with Crippen molar-refractivity contribution in [1.82, 2.24) is 10.2 Å². The molecule has 0 saturated carbocycles. The summed E-state index contributed by atoms with van der Waals surface area (Å²) in [6.45, 7) is 7.33. The van der Waals surface area contributed by atoms with Crippen LogP contribution in [0.25, 0.3) is 0 Å². The van der Waals surface area contributed by atoms with Gasteiger partial charge in [-0.15, -0.1) is 0 Å². The third kappa shape index (κ3) is 7.22. The van der Waals surface area contributed by atoms with Crippen LogP contribution in [-0.2, 0) is 16.0 Å². The van der Waals surface area contributed by atoms with E-state index in [1.54, 1.807) is 6.92 Å². The van der Waals surface area contributed by atoms with Crippen molar-refractivity contribution in [2.75, 3.05) is 13.1 Å². The molecule has 7 heteroatoms. The standard InChI is InChI=1S/C22H26Br2N2O2.C6H12O/c1-2-19(28)26-7-5-13(6-8-26)21-20-14(10-17(27)11-18(20)24)3-4-15-9-16(23)12-25-22(15)21;1-3-4-5-6(2)7/h9-13,21-22,25,27H,2-8H2,1H3;3-5H2,1-2H3. The minimum atomic E-state index is 0.252. The van der Waals surface area contributed by atoms with Crippen molar-refractivity contribution < 1.29 is 14.7 Å². The van der Waals surface area contributed by atoms with Crippen LogP contribution < -0.4 is 5.32 Å². The molecule has 2 unspecified atom stereocenters. The molecule has 1 amide bonds. The minimum Gasteiger partial charge on any atom is -0.508 e. The lowest BCUT2D eigenvalue weighted by molar-refractivity contribution is -0.132. The number of amides is 1. The highest BCUT2D eigenvalue weighted by Crippen LogP contribution is 2.47. The molecule has 3 aliphatic rings. The first-order valence-electron chi connectivity index (χ1n) is 12.9. The van der Waals surface area contributed by atoms with E-state index in [4.69, 9.17) is 0 Å². The van der Waals surface area contributed by atoms with Gasteiger partial charge in [-0.25, -0.2) is 0 Å². The van der Waals surface area contributed by atoms with Crippen LogP contribution in [0.1, 0.15) is 82.8 Å². The number of allylic oxidation sites excluding steroid dienone is 2. The highest BCUT2D eigenvalue weighted by Gasteiger charge is 2.40. The number of hydrogen-bond donors (Lipinski definition) is 2. The molecule has 1 aromatic carbocycles. The predicted molar refractivity (Wildman–Crippen MR) is 149 cm³/mol. The Balaban J connectivity index is 0.000000429. The van der Waals surface area contributed by atoms with Crippen molar-refractivity contribution >= 4 is 43.6 Å². The lowest BCUT2D eigenvalue weighted by atomic mass is 9.73. The second-order valence-corrected chi connectivity index (χ2v) is 11.6. The molecule has 1 aromatic rings. The van der Waals surface area contributed by atoms with Crippen LogP contribution in [0.5, 0.6) is 5.75 Å². The third-order valence-corrected chi connectivity index (χ3v) is 8.40. The second-order valence-electron chi connectivity index (χ2n) is 9.80. The van der Waals surface area contributed by atoms with E-state index in [2.05, 4.69) is 56.4 Å². The fourth-order valence-electron chi connectivity index (χ4n) is 5.50. The Labute approximate surface area is 226 Å². The summed E-state index contributed by atoms with van der Waals surface area (Å²) in [5.74, 6) is 1.69. The molecular formula is C28H38Br2N2O3. The number of nitrogens with one attached hydrogen (secondary N) is 1. The molecule has 0 spiro atoms. The van der Waals surface area contributed by atoms with Crippen LogP contribution in [-0.4, -0.2) is 40.8 Å². The summed E-state index contributed by atoms with van der Waals surface area (Å²) in [5.41, 5.74) is 3.97. The van der Waals surface area contributed by atoms with Gasteiger partial charge in [-0.05, 0) is 95.8 Å². The maximum absolute atomic E-state index is 12.1. The third-order valence-electron chi connectivity index (χ3n) is 7.28. The van der Waals surface area contributed by atoms with Crippen LogP contribution in [0.3, 0.4) is 0 Å². The molecule has 1 aliphatic carbocycles. The lowest BCUT2D eigenvalue weighted by Crippen LogP contribution is -2.44. The number of unbranched alkanes of at least 4 members (excludes halogenated alkanes) is 1. The molecule has 1 fully saturated rings. The molecule has 2 heterocycles. The molecule has 2 N–H and O–H groups in total. The first-order valence-corrected chi connectivity index (χ1v) is 14.4. The SMILES string of the molecule is CCC(=O)N1CCC(C2c3c(Br)cc(O)cc3CCC3=CC(Br)=CNC32)CC1.CCCCC(C)=O. The van der Waals surface area contributed by atoms with E-state index in [0.717, 1.165) is 67.0 Å². The molecule has 0 bridgehead atoms. The van der Waals surface area contributed by atoms with Gasteiger partial charge in [0.05, 0.1) is 6.04 Å². The fourth-order valence-corrected chi connectivity index (χ4v) is 6.68. The van der Waals surface area contributed by atoms with Gasteiger partial charge in [0.15, 0.2) is 0 Å². The highest BCUT2D eigenvalue weighted by molar-refractivity contribution is 9.12. The number of phenolic OH excluding ortho intramolecular Hbond substituents is 1. The molecular weight excluding hydrogens is 572 g/mol. The number of aromatic hydroxyl groups is 1. The number of ketones is 1. The molecule has 4 rings (SSSR count). The van der Waals surface area contributed by atoms with Crippen molar-refractivity contribution in [2.24, 2.45) is 5.92 Å². The number of halogens is 2. The normalized spacial score (nSPS) is 21.8. The second kappa shape index (κ2) is 13.1. The van der Waals surface area contributed by atoms with Crippen molar-refractivity contribution in [3.8, 4) is 5.75 Å². The number of fused-ring (bicyclic) bond motifs is 2. The number of hydrogen-bond acceptors (Lipinski definition) is 4. The molecule has 5 nitrogen and oxygen atoms in total. The zero-order valence-electron chi connectivity index (χ0n) is 21.1. The zero-order valence-corrected chi connectivity index (χ0v) is 24.3. The van der Waals surface area contributed by atoms with Gasteiger partial charge in [-0.2, -0.15) is 0 Å². The van der Waals surface area contributed by atoms with Crippen LogP contribution in [0.15, 0.2) is 38.9 Å². The fraction of sp³-hybridized carbons (Fsp3) is 0.571. The van der Waals surface area contributed by atoms with Gasteiger partial charge < -0.3 is 20.1 Å². The number of piperidine rings is 1. The van der Waals surface area contributed by atoms with Gasteiger partial charge in [-0.3, -0.25) is 4.79 Å². The number of dihydropyridines is 1. The number of likely N-dealkylation sites (tertiary alicyclic amines) is 1. The summed E-state index contributed by atoms with van der Waals surface area (Å²) in [6.07, 6.45) is 11.8. The van der Waals surface area contributed by atoms with Gasteiger partial charge in [0, 0.05) is 47.0 Å². The van der Waals surface area contributed by atoms with Crippen molar-refractivity contribution in [3.05, 3.63) is 50.1 Å². The Bertz CT molecular complexity index is 981. The van der Waals surface area contributed by atoms with Crippen LogP contribution >= 0.6 is 31.9 Å². The van der Waals surface area contributed by atoms with Gasteiger partial charge in [0.25, 0.3) is 0 Å². The number of benzene rings is 1. The maximum Gasteiger partial charge on any atom is 0.222 e. The summed E-state index contributed by atoms with van der Waals surface area (Å²) in [6, 6.07) is 4.01. The number of rotatable bonds is 5. The summed E-state index contributed by atoms with van der Waals surface area (Å²) < 4.78 is 2.07. The van der Waals surface area contributed by atoms with Gasteiger partial charge >= 0.3 is 0 Å². The average molecular weight is 610 g/mol. The number of nitrogens with zero attached hydrogens (tertiary/aromatic N) is 1. The summed E-state index contributed by atoms with van der Waals surface area (Å²) in [7, 11) is 0. The summed E-state index contributed by atoms with van der Waals surface area (Å²) in [5, 5.41) is 13.8. The largest absolute Gasteiger partial charge is 0.508 e. The van der Waals surface area contributed by atoms with Crippen LogP contribution in [0, 0.1) is 5.92 Å². The Hall–Kier alpha value is -1.60. The van der Waals surface area contributed by atoms with E-state index in [0.29, 0.717) is 29.8 Å². The van der Waals surface area contributed by atoms with Crippen molar-refractivity contribution in [2.45, 2.75) is 84.1 Å². The van der Waals surface area contributed by atoms with E-state index >= 15 is 0 Å². The number of phenols is 1. The molecule has 1 saturated heterocycles. The minimum absolute atomic E-state index is 0.252. The topological polar surface area (TPSA) is 69.6 Å². The first kappa shape index (κ1) is 28.0. The Morgan fingerprint density at radius 3 is 2.46 bits per heavy atom. The highest BCUT2D eigenvalue weighted by atomic mass is 79.9. The number of carbonyl (C=O) groups is 2.